The van der Waals surface area contributed by atoms with Crippen LogP contribution in [0.25, 0.3) is 6.08 Å². The fourth-order valence-electron chi connectivity index (χ4n) is 1.26. The summed E-state index contributed by atoms with van der Waals surface area (Å²) in [5.41, 5.74) is -0.173. The predicted molar refractivity (Wildman–Crippen MR) is 65.6 cm³/mol. The molecule has 1 rings (SSSR count). The van der Waals surface area contributed by atoms with Gasteiger partial charge in [-0.25, -0.2) is 0 Å². The molecule has 92 valence electrons. The van der Waals surface area contributed by atoms with E-state index in [4.69, 9.17) is 11.6 Å². The average Bonchev–Trinajstić information content (AvgIpc) is 2.28. The van der Waals surface area contributed by atoms with Gasteiger partial charge in [0, 0.05) is 6.07 Å². The molecule has 0 bridgehead atoms. The molecular formula is C11H12ClFN2O2. The Morgan fingerprint density at radius 1 is 1.59 bits per heavy atom. The van der Waals surface area contributed by atoms with Crippen molar-refractivity contribution in [2.24, 2.45) is 0 Å². The normalized spacial score (nSPS) is 11.0. The number of hydrogen-bond donors (Lipinski definition) is 1. The molecule has 0 saturated carbocycles. The molecule has 1 aromatic carbocycles. The summed E-state index contributed by atoms with van der Waals surface area (Å²) < 4.78 is 13.3. The van der Waals surface area contributed by atoms with Crippen molar-refractivity contribution in [3.63, 3.8) is 0 Å². The molecule has 0 aliphatic rings. The lowest BCUT2D eigenvalue weighted by atomic mass is 10.1. The van der Waals surface area contributed by atoms with E-state index in [2.05, 4.69) is 5.32 Å². The maximum atomic E-state index is 13.3. The molecule has 0 amide bonds. The van der Waals surface area contributed by atoms with Crippen LogP contribution in [-0.4, -0.2) is 18.5 Å². The summed E-state index contributed by atoms with van der Waals surface area (Å²) in [6.07, 6.45) is 4.24. The lowest BCUT2D eigenvalue weighted by Crippen LogP contribution is -2.05. The molecule has 6 heteroatoms. The molecule has 0 atom stereocenters. The first-order chi connectivity index (χ1) is 8.06. The molecule has 1 aromatic rings. The van der Waals surface area contributed by atoms with Crippen LogP contribution in [0.1, 0.15) is 12.0 Å². The standard InChI is InChI=1S/C11H12ClFN2O2/c1-14-5-3-2-4-8-6-10(13)11(15(16)17)7-9(8)12/h2,4,6-7,14H,3,5H2,1H3. The van der Waals surface area contributed by atoms with Crippen LogP contribution in [0.2, 0.25) is 5.02 Å². The number of nitro groups is 1. The van der Waals surface area contributed by atoms with E-state index in [0.29, 0.717) is 5.56 Å². The quantitative estimate of drug-likeness (QED) is 0.502. The third-order valence-corrected chi connectivity index (χ3v) is 2.45. The zero-order valence-electron chi connectivity index (χ0n) is 9.24. The molecular weight excluding hydrogens is 247 g/mol. The molecule has 0 saturated heterocycles. The zero-order valence-corrected chi connectivity index (χ0v) is 10.00. The highest BCUT2D eigenvalue weighted by atomic mass is 35.5. The van der Waals surface area contributed by atoms with Gasteiger partial charge in [0.1, 0.15) is 0 Å². The van der Waals surface area contributed by atoms with Crippen LogP contribution in [0.5, 0.6) is 0 Å². The van der Waals surface area contributed by atoms with E-state index < -0.39 is 16.4 Å². The summed E-state index contributed by atoms with van der Waals surface area (Å²) in [7, 11) is 1.83. The largest absolute Gasteiger partial charge is 0.319 e. The van der Waals surface area contributed by atoms with E-state index >= 15 is 0 Å². The molecule has 17 heavy (non-hydrogen) atoms. The van der Waals surface area contributed by atoms with Crippen LogP contribution in [0.4, 0.5) is 10.1 Å². The predicted octanol–water partition coefficient (Wildman–Crippen LogP) is 3.01. The maximum Gasteiger partial charge on any atom is 0.306 e. The Kier molecular flexibility index (Phi) is 5.06. The minimum absolute atomic E-state index is 0.166. The van der Waals surface area contributed by atoms with E-state index in [1.54, 1.807) is 6.08 Å². The van der Waals surface area contributed by atoms with Gasteiger partial charge in [-0.3, -0.25) is 10.1 Å². The van der Waals surface area contributed by atoms with Gasteiger partial charge < -0.3 is 5.32 Å². The molecule has 0 aromatic heterocycles. The van der Waals surface area contributed by atoms with Crippen molar-refractivity contribution in [3.8, 4) is 0 Å². The Morgan fingerprint density at radius 3 is 2.88 bits per heavy atom. The Labute approximate surface area is 103 Å². The summed E-state index contributed by atoms with van der Waals surface area (Å²) in [5, 5.41) is 13.6. The van der Waals surface area contributed by atoms with E-state index in [1.165, 1.54) is 0 Å². The second-order valence-corrected chi connectivity index (χ2v) is 3.78. The summed E-state index contributed by atoms with van der Waals surface area (Å²) in [6.45, 7) is 0.795. The number of nitrogens with zero attached hydrogens (tertiary/aromatic N) is 1. The highest BCUT2D eigenvalue weighted by Crippen LogP contribution is 2.26. The molecule has 0 aliphatic carbocycles. The Bertz CT molecular complexity index is 449. The molecule has 0 fully saturated rings. The minimum Gasteiger partial charge on any atom is -0.319 e. The zero-order chi connectivity index (χ0) is 12.8. The summed E-state index contributed by atoms with van der Waals surface area (Å²) in [4.78, 5) is 9.67. The monoisotopic (exact) mass is 258 g/mol. The first kappa shape index (κ1) is 13.6. The summed E-state index contributed by atoms with van der Waals surface area (Å²) >= 11 is 5.82. The van der Waals surface area contributed by atoms with Crippen LogP contribution in [0.3, 0.4) is 0 Å². The molecule has 0 unspecified atom stereocenters. The number of nitro benzene ring substituents is 1. The van der Waals surface area contributed by atoms with E-state index in [0.717, 1.165) is 25.1 Å². The minimum atomic E-state index is -0.882. The Morgan fingerprint density at radius 2 is 2.29 bits per heavy atom. The Hall–Kier alpha value is -1.46. The molecule has 0 radical (unpaired) electrons. The van der Waals surface area contributed by atoms with Crippen molar-refractivity contribution < 1.29 is 9.31 Å². The fraction of sp³-hybridized carbons (Fsp3) is 0.273. The lowest BCUT2D eigenvalue weighted by molar-refractivity contribution is -0.387. The van der Waals surface area contributed by atoms with Gasteiger partial charge in [-0.05, 0) is 31.6 Å². The summed E-state index contributed by atoms with van der Waals surface area (Å²) in [5.74, 6) is -0.882. The Balaban J connectivity index is 2.92. The number of nitrogens with one attached hydrogen (secondary N) is 1. The average molecular weight is 259 g/mol. The van der Waals surface area contributed by atoms with Crippen molar-refractivity contribution in [2.45, 2.75) is 6.42 Å². The third-order valence-electron chi connectivity index (χ3n) is 2.12. The number of benzene rings is 1. The van der Waals surface area contributed by atoms with Crippen LogP contribution in [0, 0.1) is 15.9 Å². The van der Waals surface area contributed by atoms with Crippen molar-refractivity contribution in [1.82, 2.24) is 5.32 Å². The van der Waals surface area contributed by atoms with Crippen molar-refractivity contribution in [2.75, 3.05) is 13.6 Å². The lowest BCUT2D eigenvalue weighted by Gasteiger charge is -2.00. The number of halogens is 2. The van der Waals surface area contributed by atoms with Gasteiger partial charge in [-0.1, -0.05) is 23.8 Å². The number of rotatable bonds is 5. The second kappa shape index (κ2) is 6.32. The third kappa shape index (κ3) is 3.80. The van der Waals surface area contributed by atoms with E-state index in [1.807, 2.05) is 13.1 Å². The van der Waals surface area contributed by atoms with Gasteiger partial charge in [0.05, 0.1) is 9.95 Å². The number of hydrogen-bond acceptors (Lipinski definition) is 3. The van der Waals surface area contributed by atoms with Crippen molar-refractivity contribution >= 4 is 23.4 Å². The molecule has 0 spiro atoms. The SMILES string of the molecule is CNCCC=Cc1cc(F)c([N+](=O)[O-])cc1Cl. The van der Waals surface area contributed by atoms with E-state index in [9.17, 15) is 14.5 Å². The smallest absolute Gasteiger partial charge is 0.306 e. The molecule has 0 heterocycles. The first-order valence-electron chi connectivity index (χ1n) is 5.01. The fourth-order valence-corrected chi connectivity index (χ4v) is 1.48. The van der Waals surface area contributed by atoms with Gasteiger partial charge in [0.15, 0.2) is 0 Å². The molecule has 1 N–H and O–H groups in total. The first-order valence-corrected chi connectivity index (χ1v) is 5.38. The van der Waals surface area contributed by atoms with Gasteiger partial charge in [0.25, 0.3) is 0 Å². The van der Waals surface area contributed by atoms with Crippen LogP contribution >= 0.6 is 11.6 Å². The topological polar surface area (TPSA) is 55.2 Å². The van der Waals surface area contributed by atoms with Crippen molar-refractivity contribution in [1.29, 1.82) is 0 Å². The summed E-state index contributed by atoms with van der Waals surface area (Å²) in [6, 6.07) is 2.09. The van der Waals surface area contributed by atoms with Gasteiger partial charge in [-0.2, -0.15) is 4.39 Å². The van der Waals surface area contributed by atoms with Crippen LogP contribution in [0.15, 0.2) is 18.2 Å². The maximum absolute atomic E-state index is 13.3. The second-order valence-electron chi connectivity index (χ2n) is 3.38. The molecule has 4 nitrogen and oxygen atoms in total. The van der Waals surface area contributed by atoms with Gasteiger partial charge >= 0.3 is 5.69 Å². The van der Waals surface area contributed by atoms with Gasteiger partial charge in [0.2, 0.25) is 5.82 Å². The van der Waals surface area contributed by atoms with Gasteiger partial charge in [-0.15, -0.1) is 0 Å². The van der Waals surface area contributed by atoms with E-state index in [-0.39, 0.29) is 5.02 Å². The van der Waals surface area contributed by atoms with Crippen molar-refractivity contribution in [3.05, 3.63) is 44.7 Å². The van der Waals surface area contributed by atoms with Crippen LogP contribution < -0.4 is 5.32 Å². The highest BCUT2D eigenvalue weighted by Gasteiger charge is 2.16. The highest BCUT2D eigenvalue weighted by molar-refractivity contribution is 6.32. The van der Waals surface area contributed by atoms with Crippen LogP contribution in [-0.2, 0) is 0 Å². The molecule has 0 aliphatic heterocycles.